The number of ketones is 1. The van der Waals surface area contributed by atoms with E-state index in [9.17, 15) is 26.7 Å². The maximum atomic E-state index is 13.1. The summed E-state index contributed by atoms with van der Waals surface area (Å²) >= 11 is 0. The van der Waals surface area contributed by atoms with E-state index in [-0.39, 0.29) is 5.78 Å². The molecule has 4 aromatic rings. The first-order valence-electron chi connectivity index (χ1n) is 12.1. The Morgan fingerprint density at radius 3 is 2.00 bits per heavy atom. The van der Waals surface area contributed by atoms with Gasteiger partial charge in [0.1, 0.15) is 12.4 Å². The minimum absolute atomic E-state index is 0.0161. The van der Waals surface area contributed by atoms with Crippen LogP contribution in [0.4, 0.5) is 22.0 Å². The number of nitrogens with one attached hydrogen (secondary N) is 1. The number of nitrogens with two attached hydrogens (primary N) is 1. The second kappa shape index (κ2) is 12.1. The minimum Gasteiger partial charge on any atom is -0.493 e. The topological polar surface area (TPSA) is 99.0 Å². The van der Waals surface area contributed by atoms with Crippen molar-refractivity contribution >= 4 is 16.7 Å². The quantitative estimate of drug-likeness (QED) is 0.114. The van der Waals surface area contributed by atoms with E-state index in [4.69, 9.17) is 14.2 Å². The van der Waals surface area contributed by atoms with Crippen molar-refractivity contribution in [2.24, 2.45) is 5.90 Å². The Morgan fingerprint density at radius 1 is 0.854 bits per heavy atom. The molecular weight excluding hydrogens is 553 g/mol. The van der Waals surface area contributed by atoms with E-state index < -0.39 is 41.3 Å². The first-order valence-corrected chi connectivity index (χ1v) is 12.1. The zero-order valence-corrected chi connectivity index (χ0v) is 22.5. The van der Waals surface area contributed by atoms with E-state index in [0.29, 0.717) is 29.2 Å². The lowest BCUT2D eigenvalue weighted by Gasteiger charge is -2.11. The van der Waals surface area contributed by atoms with Gasteiger partial charge in [-0.25, -0.2) is 27.8 Å². The fraction of sp³-hybridized carbons (Fsp3) is 0.250. The summed E-state index contributed by atoms with van der Waals surface area (Å²) in [6.45, 7) is 0.521. The van der Waals surface area contributed by atoms with Gasteiger partial charge in [-0.3, -0.25) is 9.63 Å². The smallest absolute Gasteiger partial charge is 0.200 e. The third-order valence-electron chi connectivity index (χ3n) is 6.37. The lowest BCUT2D eigenvalue weighted by Crippen LogP contribution is -2.19. The minimum atomic E-state index is -2.21. The van der Waals surface area contributed by atoms with E-state index in [2.05, 4.69) is 20.6 Å². The fourth-order valence-electron chi connectivity index (χ4n) is 4.31. The van der Waals surface area contributed by atoms with Crippen LogP contribution in [0.3, 0.4) is 0 Å². The molecule has 218 valence electrons. The monoisotopic (exact) mass is 579 g/mol. The second-order valence-corrected chi connectivity index (χ2v) is 9.18. The first kappa shape index (κ1) is 29.8. The third-order valence-corrected chi connectivity index (χ3v) is 6.37. The summed E-state index contributed by atoms with van der Waals surface area (Å²) in [5.74, 6) is -3.77. The maximum absolute atomic E-state index is 13.1. The number of benzene rings is 3. The number of rotatable bonds is 8. The van der Waals surface area contributed by atoms with Crippen LogP contribution in [0.1, 0.15) is 21.5 Å². The van der Waals surface area contributed by atoms with Gasteiger partial charge in [0.2, 0.25) is 5.82 Å². The average Bonchev–Trinajstić information content (AvgIpc) is 3.47. The number of ether oxygens (including phenoxy) is 3. The molecule has 8 nitrogen and oxygen atoms in total. The second-order valence-electron chi connectivity index (χ2n) is 9.18. The predicted molar refractivity (Wildman–Crippen MR) is 140 cm³/mol. The molecule has 0 fully saturated rings. The molecule has 3 N–H and O–H groups in total. The van der Waals surface area contributed by atoms with Gasteiger partial charge in [0.15, 0.2) is 40.6 Å². The molecule has 13 heteroatoms. The molecule has 0 aliphatic heterocycles. The number of fused-ring (bicyclic) bond motifs is 5. The molecule has 0 bridgehead atoms. The Bertz CT molecular complexity index is 1590. The zero-order chi connectivity index (χ0) is 30.0. The van der Waals surface area contributed by atoms with E-state index >= 15 is 0 Å². The lowest BCUT2D eigenvalue weighted by molar-refractivity contribution is 0.104. The normalized spacial score (nSPS) is 11.8. The Hall–Kier alpha value is -4.20. The summed E-state index contributed by atoms with van der Waals surface area (Å²) in [5.41, 5.74) is 2.76. The van der Waals surface area contributed by atoms with E-state index in [1.807, 2.05) is 38.4 Å². The van der Waals surface area contributed by atoms with Gasteiger partial charge in [0, 0.05) is 28.6 Å². The molecule has 1 heterocycles. The molecule has 41 heavy (non-hydrogen) atoms. The van der Waals surface area contributed by atoms with Crippen LogP contribution in [0.2, 0.25) is 0 Å². The first-order chi connectivity index (χ1) is 19.5. The van der Waals surface area contributed by atoms with E-state index in [1.54, 1.807) is 20.3 Å². The van der Waals surface area contributed by atoms with Crippen LogP contribution >= 0.6 is 0 Å². The van der Waals surface area contributed by atoms with Crippen molar-refractivity contribution < 1.29 is 45.8 Å². The number of likely N-dealkylation sites (N-methyl/N-ethyl adjacent to an activating group) is 1. The van der Waals surface area contributed by atoms with Crippen molar-refractivity contribution in [3.8, 4) is 28.5 Å². The molecule has 1 aliphatic carbocycles. The summed E-state index contributed by atoms with van der Waals surface area (Å²) in [5, 5.41) is 0.867. The van der Waals surface area contributed by atoms with Gasteiger partial charge < -0.3 is 24.1 Å². The number of carbonyl (C=O) groups excluding carboxylic acids is 1. The number of aromatic nitrogens is 1. The molecule has 1 aromatic heterocycles. The molecule has 0 saturated carbocycles. The fourth-order valence-corrected chi connectivity index (χ4v) is 4.31. The number of H-pyrrole nitrogens is 1. The number of aromatic amines is 1. The third kappa shape index (κ3) is 5.56. The number of methoxy groups -OCH3 is 2. The number of carbonyl (C=O) groups is 1. The predicted octanol–water partition coefficient (Wildman–Crippen LogP) is 5.11. The van der Waals surface area contributed by atoms with Gasteiger partial charge in [-0.15, -0.1) is 0 Å². The molecule has 1 aliphatic rings. The van der Waals surface area contributed by atoms with Crippen LogP contribution < -0.4 is 20.1 Å². The Kier molecular flexibility index (Phi) is 8.80. The zero-order valence-electron chi connectivity index (χ0n) is 22.5. The highest BCUT2D eigenvalue weighted by Crippen LogP contribution is 2.45. The van der Waals surface area contributed by atoms with Crippen LogP contribution in [0.25, 0.3) is 22.2 Å². The van der Waals surface area contributed by atoms with Crippen LogP contribution in [-0.2, 0) is 11.4 Å². The molecular formula is C28H26F5N3O5. The Balaban J connectivity index is 0.000000234. The molecule has 0 unspecified atom stereocenters. The SMILES string of the molecule is COc1cc2c(cc1OC)-c1[nH]c3ccc(OCCN(C)C)cc3c1C2=O.NOCc1c(F)c(F)c(F)c(F)c1F. The number of nitrogens with zero attached hydrogens (tertiary/aromatic N) is 1. The summed E-state index contributed by atoms with van der Waals surface area (Å²) < 4.78 is 79.4. The molecule has 0 saturated heterocycles. The Labute approximate surface area is 231 Å². The van der Waals surface area contributed by atoms with Gasteiger partial charge in [0.25, 0.3) is 0 Å². The van der Waals surface area contributed by atoms with Crippen molar-refractivity contribution in [1.29, 1.82) is 0 Å². The molecule has 0 atom stereocenters. The summed E-state index contributed by atoms with van der Waals surface area (Å²) in [6.07, 6.45) is 0. The Morgan fingerprint density at radius 2 is 1.44 bits per heavy atom. The van der Waals surface area contributed by atoms with Gasteiger partial charge in [-0.2, -0.15) is 0 Å². The van der Waals surface area contributed by atoms with Crippen LogP contribution in [0.5, 0.6) is 17.2 Å². The largest absolute Gasteiger partial charge is 0.493 e. The number of hydrogen-bond acceptors (Lipinski definition) is 7. The standard InChI is InChI=1S/C21H22N2O4.C7H4F5NO/c1-23(2)7-8-27-12-5-6-16-15(9-12)19-20(22-16)13-10-17(25-3)18(26-4)11-14(13)21(19)24;8-3-2(1-14-13)4(9)6(11)7(12)5(3)10/h5-6,9-11,22H,7-8H2,1-4H3;1,13H2. The highest BCUT2D eigenvalue weighted by atomic mass is 19.2. The molecule has 0 spiro atoms. The molecule has 0 radical (unpaired) electrons. The highest BCUT2D eigenvalue weighted by molar-refractivity contribution is 6.27. The van der Waals surface area contributed by atoms with Crippen molar-refractivity contribution in [2.45, 2.75) is 6.61 Å². The van der Waals surface area contributed by atoms with Crippen LogP contribution in [0, 0.1) is 29.1 Å². The van der Waals surface area contributed by atoms with Crippen LogP contribution in [-0.4, -0.2) is 57.1 Å². The van der Waals surface area contributed by atoms with Crippen LogP contribution in [0.15, 0.2) is 30.3 Å². The summed E-state index contributed by atoms with van der Waals surface area (Å²) in [7, 11) is 7.16. The molecule has 5 rings (SSSR count). The number of hydrogen-bond donors (Lipinski definition) is 2. The average molecular weight is 580 g/mol. The van der Waals surface area contributed by atoms with E-state index in [0.717, 1.165) is 34.5 Å². The highest BCUT2D eigenvalue weighted by Gasteiger charge is 2.32. The van der Waals surface area contributed by atoms with Crippen molar-refractivity contribution in [1.82, 2.24) is 9.88 Å². The number of halogens is 5. The van der Waals surface area contributed by atoms with Crippen molar-refractivity contribution in [3.63, 3.8) is 0 Å². The van der Waals surface area contributed by atoms with Gasteiger partial charge >= 0.3 is 0 Å². The van der Waals surface area contributed by atoms with Gasteiger partial charge in [0.05, 0.1) is 37.6 Å². The van der Waals surface area contributed by atoms with Crippen molar-refractivity contribution in [3.05, 3.63) is 76.1 Å². The van der Waals surface area contributed by atoms with Gasteiger partial charge in [-0.1, -0.05) is 0 Å². The van der Waals surface area contributed by atoms with E-state index in [1.165, 1.54) is 0 Å². The van der Waals surface area contributed by atoms with Gasteiger partial charge in [-0.05, 0) is 44.4 Å². The van der Waals surface area contributed by atoms with Crippen molar-refractivity contribution in [2.75, 3.05) is 41.5 Å². The molecule has 0 amide bonds. The lowest BCUT2D eigenvalue weighted by atomic mass is 10.1. The summed E-state index contributed by atoms with van der Waals surface area (Å²) in [4.78, 5) is 22.3. The maximum Gasteiger partial charge on any atom is 0.200 e. The molecule has 3 aromatic carbocycles. The summed E-state index contributed by atoms with van der Waals surface area (Å²) in [6, 6.07) is 9.39.